The summed E-state index contributed by atoms with van der Waals surface area (Å²) in [5.74, 6) is 1.87. The van der Waals surface area contributed by atoms with E-state index >= 15 is 0 Å². The van der Waals surface area contributed by atoms with E-state index in [0.29, 0.717) is 35.1 Å². The highest BCUT2D eigenvalue weighted by atomic mass is 32.2. The summed E-state index contributed by atoms with van der Waals surface area (Å²) in [6, 6.07) is 15.1. The summed E-state index contributed by atoms with van der Waals surface area (Å²) in [7, 11) is -2.02. The molecule has 39 heavy (non-hydrogen) atoms. The van der Waals surface area contributed by atoms with Crippen LogP contribution in [-0.2, 0) is 15.5 Å². The van der Waals surface area contributed by atoms with Crippen LogP contribution in [-0.4, -0.2) is 63.0 Å². The largest absolute Gasteiger partial charge is 0.362 e. The molecule has 0 bridgehead atoms. The van der Waals surface area contributed by atoms with E-state index in [4.69, 9.17) is 14.7 Å². The van der Waals surface area contributed by atoms with Crippen molar-refractivity contribution in [3.8, 4) is 22.4 Å². The Kier molecular flexibility index (Phi) is 8.34. The van der Waals surface area contributed by atoms with Crippen LogP contribution in [0.2, 0.25) is 25.7 Å². The van der Waals surface area contributed by atoms with Crippen LogP contribution in [0.15, 0.2) is 54.9 Å². The summed E-state index contributed by atoms with van der Waals surface area (Å²) in [4.78, 5) is 22.1. The molecule has 1 aliphatic heterocycles. The van der Waals surface area contributed by atoms with Gasteiger partial charge in [-0.15, -0.1) is 0 Å². The van der Waals surface area contributed by atoms with Crippen LogP contribution in [0.3, 0.4) is 0 Å². The summed E-state index contributed by atoms with van der Waals surface area (Å²) in [6.07, 6.45) is 5.94. The highest BCUT2D eigenvalue weighted by molar-refractivity contribution is 7.85. The van der Waals surface area contributed by atoms with E-state index in [1.165, 1.54) is 0 Å². The fourth-order valence-electron chi connectivity index (χ4n) is 4.79. The van der Waals surface area contributed by atoms with Gasteiger partial charge in [0.15, 0.2) is 11.9 Å². The molecule has 1 saturated heterocycles. The Hall–Kier alpha value is -3.21. The first kappa shape index (κ1) is 27.4. The van der Waals surface area contributed by atoms with Crippen molar-refractivity contribution in [3.63, 3.8) is 0 Å². The first-order valence-electron chi connectivity index (χ1n) is 13.4. The molecule has 0 unspecified atom stereocenters. The number of carbonyl (C=O) groups excluding carboxylic acids is 1. The minimum absolute atomic E-state index is 0.0580. The van der Waals surface area contributed by atoms with Gasteiger partial charge in [-0.2, -0.15) is 9.61 Å². The maximum Gasteiger partial charge on any atom is 0.165 e. The summed E-state index contributed by atoms with van der Waals surface area (Å²) in [5.41, 5.74) is 5.54. The van der Waals surface area contributed by atoms with Crippen LogP contribution in [0.1, 0.15) is 34.8 Å². The quantitative estimate of drug-likeness (QED) is 0.116. The molecule has 1 N–H and O–H groups in total. The zero-order valence-corrected chi connectivity index (χ0v) is 24.5. The monoisotopic (exact) mass is 561 g/mol. The van der Waals surface area contributed by atoms with Crippen LogP contribution in [0.5, 0.6) is 0 Å². The van der Waals surface area contributed by atoms with Crippen molar-refractivity contribution in [2.45, 2.75) is 44.4 Å². The maximum atomic E-state index is 12.4. The molecule has 204 valence electrons. The minimum Gasteiger partial charge on any atom is -0.362 e. The molecule has 8 nitrogen and oxygen atoms in total. The number of ether oxygens (including phenoxy) is 1. The molecule has 0 spiro atoms. The average Bonchev–Trinajstić information content (AvgIpc) is 3.37. The molecular formula is C29H35N5O3SSi. The standard InChI is InChI=1S/C29H35N5O3SSi/c1-39(2,3)16-13-37-20-31-28-25(19-35)27(22-11-14-38(36)15-12-22)33-29-24(18-32-34(28)29)23-9-10-26(30-17-23)21-7-5-4-6-8-21/h4-10,17-19,22,31H,11-16,20H2,1-3H3. The van der Waals surface area contributed by atoms with Crippen molar-refractivity contribution < 1.29 is 13.7 Å². The number of aldehydes is 1. The molecule has 4 aromatic rings. The summed E-state index contributed by atoms with van der Waals surface area (Å²) in [6.45, 7) is 7.88. The van der Waals surface area contributed by atoms with Gasteiger partial charge < -0.3 is 10.1 Å². The van der Waals surface area contributed by atoms with Crippen molar-refractivity contribution in [2.24, 2.45) is 0 Å². The average molecular weight is 562 g/mol. The Labute approximate surface area is 232 Å². The van der Waals surface area contributed by atoms with Gasteiger partial charge in [0.25, 0.3) is 0 Å². The molecule has 1 aliphatic rings. The summed E-state index contributed by atoms with van der Waals surface area (Å²) in [5, 5.41) is 7.95. The van der Waals surface area contributed by atoms with E-state index in [1.54, 1.807) is 10.7 Å². The number of rotatable bonds is 10. The molecule has 3 aromatic heterocycles. The second-order valence-corrected chi connectivity index (χ2v) is 18.4. The van der Waals surface area contributed by atoms with Crippen LogP contribution in [0.25, 0.3) is 28.0 Å². The zero-order chi connectivity index (χ0) is 27.4. The number of nitrogens with zero attached hydrogens (tertiary/aromatic N) is 4. The number of aromatic nitrogens is 4. The smallest absolute Gasteiger partial charge is 0.165 e. The predicted octanol–water partition coefficient (Wildman–Crippen LogP) is 5.62. The van der Waals surface area contributed by atoms with Gasteiger partial charge in [-0.25, -0.2) is 4.98 Å². The third-order valence-corrected chi connectivity index (χ3v) is 10.2. The van der Waals surface area contributed by atoms with Gasteiger partial charge in [0.1, 0.15) is 12.5 Å². The molecule has 0 aliphatic carbocycles. The van der Waals surface area contributed by atoms with E-state index < -0.39 is 18.9 Å². The molecule has 0 atom stereocenters. The Bertz CT molecular complexity index is 1460. The number of nitrogens with one attached hydrogen (secondary N) is 1. The van der Waals surface area contributed by atoms with Crippen LogP contribution < -0.4 is 5.32 Å². The molecule has 1 aromatic carbocycles. The van der Waals surface area contributed by atoms with Gasteiger partial charge in [0, 0.05) is 65.8 Å². The van der Waals surface area contributed by atoms with Crippen molar-refractivity contribution in [2.75, 3.05) is 30.2 Å². The molecule has 10 heteroatoms. The predicted molar refractivity (Wildman–Crippen MR) is 159 cm³/mol. The Morgan fingerprint density at radius 3 is 2.51 bits per heavy atom. The van der Waals surface area contributed by atoms with Crippen LogP contribution in [0.4, 0.5) is 5.82 Å². The number of fused-ring (bicyclic) bond motifs is 1. The lowest BCUT2D eigenvalue weighted by molar-refractivity contribution is 0.112. The second-order valence-electron chi connectivity index (χ2n) is 11.1. The van der Waals surface area contributed by atoms with E-state index in [2.05, 4.69) is 30.1 Å². The van der Waals surface area contributed by atoms with Gasteiger partial charge in [0.2, 0.25) is 0 Å². The van der Waals surface area contributed by atoms with Crippen LogP contribution >= 0.6 is 0 Å². The highest BCUT2D eigenvalue weighted by Gasteiger charge is 2.27. The summed E-state index contributed by atoms with van der Waals surface area (Å²) >= 11 is 0. The fourth-order valence-corrected chi connectivity index (χ4v) is 6.85. The number of hydrogen-bond acceptors (Lipinski definition) is 7. The Morgan fingerprint density at radius 1 is 1.08 bits per heavy atom. The van der Waals surface area contributed by atoms with E-state index in [1.807, 2.05) is 48.7 Å². The molecular weight excluding hydrogens is 527 g/mol. The van der Waals surface area contributed by atoms with Crippen molar-refractivity contribution >= 4 is 36.6 Å². The Morgan fingerprint density at radius 2 is 1.85 bits per heavy atom. The van der Waals surface area contributed by atoms with Gasteiger partial charge >= 0.3 is 0 Å². The third kappa shape index (κ3) is 6.34. The normalized spacial score (nSPS) is 17.8. The lowest BCUT2D eigenvalue weighted by Crippen LogP contribution is -2.23. The molecule has 0 radical (unpaired) electrons. The van der Waals surface area contributed by atoms with E-state index in [0.717, 1.165) is 53.3 Å². The lowest BCUT2D eigenvalue weighted by Gasteiger charge is -2.24. The molecule has 5 rings (SSSR count). The second kappa shape index (κ2) is 11.9. The number of benzene rings is 1. The minimum atomic E-state index is -1.21. The van der Waals surface area contributed by atoms with Gasteiger partial charge in [0.05, 0.1) is 23.1 Å². The summed E-state index contributed by atoms with van der Waals surface area (Å²) < 4.78 is 19.6. The SMILES string of the molecule is C[Si](C)(C)CCOCNc1c(C=O)c(C2CCS(=O)CC2)nc2c(-c3ccc(-c4ccccc4)nc3)cnn12. The number of carbonyl (C=O) groups is 1. The number of anilines is 1. The van der Waals surface area contributed by atoms with Crippen molar-refractivity contribution in [1.82, 2.24) is 19.6 Å². The molecule has 1 fully saturated rings. The van der Waals surface area contributed by atoms with Gasteiger partial charge in [-0.1, -0.05) is 56.0 Å². The fraction of sp³-hybridized carbons (Fsp3) is 0.379. The molecule has 0 amide bonds. The Balaban J connectivity index is 1.52. The molecule has 0 saturated carbocycles. The first-order valence-corrected chi connectivity index (χ1v) is 18.6. The zero-order valence-electron chi connectivity index (χ0n) is 22.7. The van der Waals surface area contributed by atoms with Crippen molar-refractivity contribution in [1.29, 1.82) is 0 Å². The number of hydrogen-bond donors (Lipinski definition) is 1. The number of pyridine rings is 1. The third-order valence-electron chi connectivity index (χ3n) is 7.09. The van der Waals surface area contributed by atoms with Gasteiger partial charge in [-0.3, -0.25) is 14.0 Å². The van der Waals surface area contributed by atoms with E-state index in [-0.39, 0.29) is 12.6 Å². The lowest BCUT2D eigenvalue weighted by atomic mass is 9.95. The van der Waals surface area contributed by atoms with E-state index in [9.17, 15) is 9.00 Å². The topological polar surface area (TPSA) is 98.5 Å². The first-order chi connectivity index (χ1) is 18.8. The van der Waals surface area contributed by atoms with Crippen molar-refractivity contribution in [3.05, 3.63) is 66.1 Å². The maximum absolute atomic E-state index is 12.4. The highest BCUT2D eigenvalue weighted by Crippen LogP contribution is 2.35. The van der Waals surface area contributed by atoms with Gasteiger partial charge in [-0.05, 0) is 25.0 Å². The molecule has 4 heterocycles. The van der Waals surface area contributed by atoms with Crippen LogP contribution in [0, 0.1) is 0 Å².